The lowest BCUT2D eigenvalue weighted by Gasteiger charge is -2.34. The van der Waals surface area contributed by atoms with Crippen molar-refractivity contribution in [3.05, 3.63) is 76.3 Å². The predicted molar refractivity (Wildman–Crippen MR) is 146 cm³/mol. The Morgan fingerprint density at radius 2 is 1.79 bits per heavy atom. The van der Waals surface area contributed by atoms with E-state index in [1.165, 1.54) is 16.2 Å². The molecule has 0 saturated carbocycles. The molecule has 0 unspecified atom stereocenters. The van der Waals surface area contributed by atoms with Gasteiger partial charge in [-0.3, -0.25) is 18.9 Å². The minimum Gasteiger partial charge on any atom is -0.493 e. The van der Waals surface area contributed by atoms with Crippen LogP contribution in [-0.2, 0) is 11.3 Å². The fourth-order valence-electron chi connectivity index (χ4n) is 5.20. The SMILES string of the molecule is CCOC(=O)N1CCN(Cc2ccc(OC[C@H]3CCCN(C(=O)c4cnc5ccccn5c4=O)C3)cc2)CC1. The normalized spacial score (nSPS) is 18.2. The molecule has 0 radical (unpaired) electrons. The van der Waals surface area contributed by atoms with Crippen LogP contribution in [0.1, 0.15) is 35.7 Å². The summed E-state index contributed by atoms with van der Waals surface area (Å²) in [5.41, 5.74) is 1.46. The molecule has 1 aromatic carbocycles. The first-order valence-corrected chi connectivity index (χ1v) is 13.6. The van der Waals surface area contributed by atoms with E-state index in [0.717, 1.165) is 38.2 Å². The summed E-state index contributed by atoms with van der Waals surface area (Å²) in [6, 6.07) is 13.4. The maximum absolute atomic E-state index is 13.2. The molecule has 10 nitrogen and oxygen atoms in total. The van der Waals surface area contributed by atoms with Gasteiger partial charge in [0.25, 0.3) is 11.5 Å². The lowest BCUT2D eigenvalue weighted by Crippen LogP contribution is -2.48. The number of amides is 2. The van der Waals surface area contributed by atoms with Gasteiger partial charge in [0.2, 0.25) is 0 Å². The van der Waals surface area contributed by atoms with Crippen molar-refractivity contribution < 1.29 is 19.1 Å². The molecule has 2 saturated heterocycles. The van der Waals surface area contributed by atoms with Gasteiger partial charge in [-0.05, 0) is 49.6 Å². The van der Waals surface area contributed by atoms with Crippen LogP contribution >= 0.6 is 0 Å². The highest BCUT2D eigenvalue weighted by Crippen LogP contribution is 2.21. The van der Waals surface area contributed by atoms with E-state index >= 15 is 0 Å². The van der Waals surface area contributed by atoms with Crippen molar-refractivity contribution >= 4 is 17.6 Å². The number of nitrogens with zero attached hydrogens (tertiary/aromatic N) is 5. The molecule has 2 fully saturated rings. The Balaban J connectivity index is 1.10. The third-order valence-electron chi connectivity index (χ3n) is 7.36. The zero-order chi connectivity index (χ0) is 27.2. The zero-order valence-corrected chi connectivity index (χ0v) is 22.3. The quantitative estimate of drug-likeness (QED) is 0.461. The number of piperazine rings is 1. The van der Waals surface area contributed by atoms with E-state index in [1.54, 1.807) is 28.1 Å². The smallest absolute Gasteiger partial charge is 0.409 e. The maximum Gasteiger partial charge on any atom is 0.409 e. The number of carbonyl (C=O) groups excluding carboxylic acids is 2. The Labute approximate surface area is 227 Å². The number of likely N-dealkylation sites (tertiary alicyclic amines) is 1. The molecule has 5 rings (SSSR count). The summed E-state index contributed by atoms with van der Waals surface area (Å²) in [5, 5.41) is 0. The van der Waals surface area contributed by atoms with E-state index < -0.39 is 0 Å². The molecule has 1 atom stereocenters. The number of benzene rings is 1. The first kappa shape index (κ1) is 26.7. The summed E-state index contributed by atoms with van der Waals surface area (Å²) in [5.74, 6) is 0.712. The van der Waals surface area contributed by atoms with E-state index in [2.05, 4.69) is 22.0 Å². The number of piperidine rings is 1. The molecule has 0 spiro atoms. The Morgan fingerprint density at radius 1 is 1.00 bits per heavy atom. The predicted octanol–water partition coefficient (Wildman–Crippen LogP) is 2.90. The minimum atomic E-state index is -0.343. The van der Waals surface area contributed by atoms with Gasteiger partial charge in [-0.2, -0.15) is 0 Å². The number of ether oxygens (including phenoxy) is 2. The summed E-state index contributed by atoms with van der Waals surface area (Å²) in [7, 11) is 0. The van der Waals surface area contributed by atoms with E-state index in [4.69, 9.17) is 9.47 Å². The van der Waals surface area contributed by atoms with Crippen LogP contribution in [0, 0.1) is 5.92 Å². The van der Waals surface area contributed by atoms with E-state index in [0.29, 0.717) is 45.0 Å². The van der Waals surface area contributed by atoms with Crippen LogP contribution in [0.15, 0.2) is 59.7 Å². The molecule has 206 valence electrons. The van der Waals surface area contributed by atoms with Gasteiger partial charge in [-0.1, -0.05) is 18.2 Å². The average molecular weight is 534 g/mol. The Morgan fingerprint density at radius 3 is 2.56 bits per heavy atom. The molecule has 0 bridgehead atoms. The lowest BCUT2D eigenvalue weighted by atomic mass is 9.98. The van der Waals surface area contributed by atoms with Crippen LogP contribution < -0.4 is 10.3 Å². The first-order valence-electron chi connectivity index (χ1n) is 13.6. The van der Waals surface area contributed by atoms with Gasteiger partial charge in [-0.15, -0.1) is 0 Å². The molecular weight excluding hydrogens is 498 g/mol. The van der Waals surface area contributed by atoms with Crippen molar-refractivity contribution in [2.24, 2.45) is 5.92 Å². The number of hydrogen-bond donors (Lipinski definition) is 0. The molecule has 39 heavy (non-hydrogen) atoms. The van der Waals surface area contributed by atoms with E-state index in [-0.39, 0.29) is 29.0 Å². The summed E-state index contributed by atoms with van der Waals surface area (Å²) < 4.78 is 12.6. The third kappa shape index (κ3) is 6.39. The molecule has 2 amide bonds. The highest BCUT2D eigenvalue weighted by molar-refractivity contribution is 5.93. The van der Waals surface area contributed by atoms with Crippen LogP contribution in [0.4, 0.5) is 4.79 Å². The average Bonchev–Trinajstić information content (AvgIpc) is 2.97. The van der Waals surface area contributed by atoms with Gasteiger partial charge in [0, 0.05) is 64.1 Å². The number of carbonyl (C=O) groups is 2. The van der Waals surface area contributed by atoms with Gasteiger partial charge in [0.1, 0.15) is 17.0 Å². The van der Waals surface area contributed by atoms with Gasteiger partial charge in [0.15, 0.2) is 0 Å². The Kier molecular flexibility index (Phi) is 8.41. The van der Waals surface area contributed by atoms with Crippen molar-refractivity contribution in [2.75, 3.05) is 52.5 Å². The fourth-order valence-corrected chi connectivity index (χ4v) is 5.20. The van der Waals surface area contributed by atoms with Crippen LogP contribution in [0.25, 0.3) is 5.65 Å². The molecule has 10 heteroatoms. The van der Waals surface area contributed by atoms with Gasteiger partial charge in [0.05, 0.1) is 13.2 Å². The summed E-state index contributed by atoms with van der Waals surface area (Å²) in [6.45, 7) is 7.69. The second kappa shape index (κ2) is 12.3. The maximum atomic E-state index is 13.2. The monoisotopic (exact) mass is 533 g/mol. The topological polar surface area (TPSA) is 96.7 Å². The van der Waals surface area contributed by atoms with Crippen LogP contribution in [0.5, 0.6) is 5.75 Å². The molecule has 2 aliphatic rings. The number of hydrogen-bond acceptors (Lipinski definition) is 7. The van der Waals surface area contributed by atoms with Crippen molar-refractivity contribution in [2.45, 2.75) is 26.3 Å². The Hall–Kier alpha value is -3.92. The number of rotatable bonds is 7. The summed E-state index contributed by atoms with van der Waals surface area (Å²) >= 11 is 0. The van der Waals surface area contributed by atoms with E-state index in [1.807, 2.05) is 25.1 Å². The van der Waals surface area contributed by atoms with Crippen molar-refractivity contribution in [3.8, 4) is 5.75 Å². The van der Waals surface area contributed by atoms with Crippen molar-refractivity contribution in [3.63, 3.8) is 0 Å². The molecular formula is C29H35N5O5. The first-order chi connectivity index (χ1) is 19.0. The standard InChI is InChI=1S/C29H35N5O5/c1-2-38-29(37)32-16-14-31(15-17-32)19-22-8-10-24(11-9-22)39-21-23-6-5-12-33(20-23)27(35)25-18-30-26-7-3-4-13-34(26)28(25)36/h3-4,7-11,13,18,23H,2,5-6,12,14-17,19-21H2,1H3/t23-/m0/s1. The zero-order valence-electron chi connectivity index (χ0n) is 22.3. The number of aromatic nitrogens is 2. The highest BCUT2D eigenvalue weighted by atomic mass is 16.6. The summed E-state index contributed by atoms with van der Waals surface area (Å²) in [6.07, 6.45) is 4.62. The van der Waals surface area contributed by atoms with Crippen molar-refractivity contribution in [1.82, 2.24) is 24.1 Å². The second-order valence-corrected chi connectivity index (χ2v) is 10.1. The van der Waals surface area contributed by atoms with Gasteiger partial charge in [-0.25, -0.2) is 9.78 Å². The number of fused-ring (bicyclic) bond motifs is 1. The molecule has 2 aliphatic heterocycles. The van der Waals surface area contributed by atoms with Crippen LogP contribution in [-0.4, -0.2) is 88.6 Å². The fraction of sp³-hybridized carbons (Fsp3) is 0.448. The van der Waals surface area contributed by atoms with E-state index in [9.17, 15) is 14.4 Å². The molecule has 3 aromatic rings. The highest BCUT2D eigenvalue weighted by Gasteiger charge is 2.27. The minimum absolute atomic E-state index is 0.0955. The molecule has 0 aliphatic carbocycles. The molecule has 4 heterocycles. The third-order valence-corrected chi connectivity index (χ3v) is 7.36. The molecule has 0 N–H and O–H groups in total. The number of pyridine rings is 1. The lowest BCUT2D eigenvalue weighted by molar-refractivity contribution is 0.0630. The van der Waals surface area contributed by atoms with Gasteiger partial charge >= 0.3 is 6.09 Å². The van der Waals surface area contributed by atoms with Crippen molar-refractivity contribution in [1.29, 1.82) is 0 Å². The summed E-state index contributed by atoms with van der Waals surface area (Å²) in [4.78, 5) is 48.0. The van der Waals surface area contributed by atoms with Crippen LogP contribution in [0.3, 0.4) is 0 Å². The van der Waals surface area contributed by atoms with Crippen LogP contribution in [0.2, 0.25) is 0 Å². The molecule has 2 aromatic heterocycles. The van der Waals surface area contributed by atoms with Gasteiger partial charge < -0.3 is 19.3 Å². The second-order valence-electron chi connectivity index (χ2n) is 10.1. The largest absolute Gasteiger partial charge is 0.493 e. The Bertz CT molecular complexity index is 1350.